The lowest BCUT2D eigenvalue weighted by atomic mass is 10.1. The fourth-order valence-corrected chi connectivity index (χ4v) is 1.36. The molecule has 1 atom stereocenters. The van der Waals surface area contributed by atoms with Crippen LogP contribution in [-0.4, -0.2) is 17.1 Å². The van der Waals surface area contributed by atoms with Gasteiger partial charge >= 0.3 is 5.97 Å². The molecule has 15 heavy (non-hydrogen) atoms. The molecule has 2 N–H and O–H groups in total. The zero-order valence-electron chi connectivity index (χ0n) is 8.75. The van der Waals surface area contributed by atoms with Gasteiger partial charge in [0.05, 0.1) is 0 Å². The van der Waals surface area contributed by atoms with Crippen molar-refractivity contribution in [1.82, 2.24) is 0 Å². The lowest BCUT2D eigenvalue weighted by molar-refractivity contribution is -0.137. The van der Waals surface area contributed by atoms with Crippen LogP contribution in [0.3, 0.4) is 0 Å². The second-order valence-electron chi connectivity index (χ2n) is 3.46. The minimum absolute atomic E-state index is 0.363. The van der Waals surface area contributed by atoms with E-state index in [1.165, 1.54) is 12.1 Å². The summed E-state index contributed by atoms with van der Waals surface area (Å²) in [7, 11) is 0. The molecule has 0 bridgehead atoms. The van der Waals surface area contributed by atoms with Crippen LogP contribution in [-0.2, 0) is 4.79 Å². The second kappa shape index (κ2) is 4.77. The molecule has 0 radical (unpaired) electrons. The number of rotatable bonds is 4. The first-order valence-electron chi connectivity index (χ1n) is 4.79. The summed E-state index contributed by atoms with van der Waals surface area (Å²) in [5.74, 6) is -1.29. The molecule has 0 heterocycles. The quantitative estimate of drug-likeness (QED) is 0.804. The van der Waals surface area contributed by atoms with Gasteiger partial charge in [-0.1, -0.05) is 6.92 Å². The lowest BCUT2D eigenvalue weighted by Gasteiger charge is -2.14. The summed E-state index contributed by atoms with van der Waals surface area (Å²) in [6, 6.07) is 3.73. The maximum atomic E-state index is 13.0. The number of anilines is 1. The molecule has 0 aliphatic rings. The van der Waals surface area contributed by atoms with Crippen molar-refractivity contribution < 1.29 is 14.3 Å². The summed E-state index contributed by atoms with van der Waals surface area (Å²) >= 11 is 0. The van der Waals surface area contributed by atoms with Crippen molar-refractivity contribution in [3.05, 3.63) is 29.6 Å². The van der Waals surface area contributed by atoms with Gasteiger partial charge in [0.25, 0.3) is 0 Å². The smallest absolute Gasteiger partial charge is 0.326 e. The Labute approximate surface area is 87.9 Å². The van der Waals surface area contributed by atoms with E-state index >= 15 is 0 Å². The van der Waals surface area contributed by atoms with Gasteiger partial charge in [-0.2, -0.15) is 0 Å². The average Bonchev–Trinajstić information content (AvgIpc) is 2.12. The van der Waals surface area contributed by atoms with Crippen molar-refractivity contribution in [3.63, 3.8) is 0 Å². The Hall–Kier alpha value is -1.58. The fourth-order valence-electron chi connectivity index (χ4n) is 1.36. The van der Waals surface area contributed by atoms with E-state index in [1.807, 2.05) is 0 Å². The van der Waals surface area contributed by atoms with Crippen molar-refractivity contribution in [3.8, 4) is 0 Å². The number of carbonyl (C=O) groups is 1. The number of aryl methyl sites for hydroxylation is 1. The summed E-state index contributed by atoms with van der Waals surface area (Å²) in [4.78, 5) is 10.7. The SMILES string of the molecule is CCC(Nc1cc(C)cc(F)c1)C(=O)O. The van der Waals surface area contributed by atoms with Crippen molar-refractivity contribution >= 4 is 11.7 Å². The summed E-state index contributed by atoms with van der Waals surface area (Å²) < 4.78 is 13.0. The Bertz CT molecular complexity index is 345. The zero-order valence-corrected chi connectivity index (χ0v) is 8.75. The minimum atomic E-state index is -0.931. The molecular formula is C11H14FNO2. The van der Waals surface area contributed by atoms with E-state index in [0.29, 0.717) is 12.1 Å². The fraction of sp³-hybridized carbons (Fsp3) is 0.364. The number of benzene rings is 1. The molecule has 1 aromatic rings. The number of carboxylic acid groups (broad SMARTS) is 1. The first kappa shape index (κ1) is 11.5. The normalized spacial score (nSPS) is 12.2. The van der Waals surface area contributed by atoms with Crippen LogP contribution in [0.2, 0.25) is 0 Å². The number of nitrogens with one attached hydrogen (secondary N) is 1. The topological polar surface area (TPSA) is 49.3 Å². The molecule has 0 saturated carbocycles. The van der Waals surface area contributed by atoms with E-state index in [1.54, 1.807) is 19.9 Å². The van der Waals surface area contributed by atoms with E-state index < -0.39 is 12.0 Å². The molecule has 0 aromatic heterocycles. The highest BCUT2D eigenvalue weighted by Gasteiger charge is 2.14. The maximum absolute atomic E-state index is 13.0. The Balaban J connectivity index is 2.83. The van der Waals surface area contributed by atoms with Gasteiger partial charge in [0.1, 0.15) is 11.9 Å². The van der Waals surface area contributed by atoms with E-state index in [9.17, 15) is 9.18 Å². The highest BCUT2D eigenvalue weighted by atomic mass is 19.1. The third-order valence-corrected chi connectivity index (χ3v) is 2.09. The molecule has 4 heteroatoms. The van der Waals surface area contributed by atoms with Crippen LogP contribution < -0.4 is 5.32 Å². The first-order valence-corrected chi connectivity index (χ1v) is 4.79. The Morgan fingerprint density at radius 1 is 1.53 bits per heavy atom. The van der Waals surface area contributed by atoms with Crippen LogP contribution in [0.4, 0.5) is 10.1 Å². The monoisotopic (exact) mass is 211 g/mol. The predicted molar refractivity (Wildman–Crippen MR) is 56.5 cm³/mol. The number of aliphatic carboxylic acids is 1. The highest BCUT2D eigenvalue weighted by molar-refractivity contribution is 5.77. The number of carboxylic acids is 1. The van der Waals surface area contributed by atoms with Crippen molar-refractivity contribution in [2.75, 3.05) is 5.32 Å². The average molecular weight is 211 g/mol. The Morgan fingerprint density at radius 3 is 2.67 bits per heavy atom. The van der Waals surface area contributed by atoms with Gasteiger partial charge in [0.15, 0.2) is 0 Å². The number of hydrogen-bond donors (Lipinski definition) is 2. The third-order valence-electron chi connectivity index (χ3n) is 2.09. The lowest BCUT2D eigenvalue weighted by Crippen LogP contribution is -2.28. The Kier molecular flexibility index (Phi) is 3.66. The van der Waals surface area contributed by atoms with Gasteiger partial charge < -0.3 is 10.4 Å². The first-order chi connectivity index (χ1) is 7.02. The molecule has 0 aliphatic carbocycles. The van der Waals surface area contributed by atoms with Crippen LogP contribution in [0.15, 0.2) is 18.2 Å². The van der Waals surface area contributed by atoms with Gasteiger partial charge in [-0.05, 0) is 37.1 Å². The third kappa shape index (κ3) is 3.23. The molecular weight excluding hydrogens is 197 g/mol. The molecule has 0 saturated heterocycles. The van der Waals surface area contributed by atoms with Crippen molar-refractivity contribution in [2.24, 2.45) is 0 Å². The highest BCUT2D eigenvalue weighted by Crippen LogP contribution is 2.15. The predicted octanol–water partition coefficient (Wildman–Crippen LogP) is 2.41. The van der Waals surface area contributed by atoms with Gasteiger partial charge in [-0.15, -0.1) is 0 Å². The van der Waals surface area contributed by atoms with E-state index in [2.05, 4.69) is 5.32 Å². The molecule has 0 aliphatic heterocycles. The van der Waals surface area contributed by atoms with Crippen LogP contribution in [0.5, 0.6) is 0 Å². The molecule has 0 amide bonds. The van der Waals surface area contributed by atoms with Crippen LogP contribution >= 0.6 is 0 Å². The molecule has 1 aromatic carbocycles. The van der Waals surface area contributed by atoms with Crippen LogP contribution in [0.25, 0.3) is 0 Å². The van der Waals surface area contributed by atoms with Gasteiger partial charge in [0.2, 0.25) is 0 Å². The summed E-state index contributed by atoms with van der Waals surface area (Å²) in [5, 5.41) is 11.6. The zero-order chi connectivity index (χ0) is 11.4. The molecule has 0 fully saturated rings. The molecule has 3 nitrogen and oxygen atoms in total. The van der Waals surface area contributed by atoms with Crippen molar-refractivity contribution in [1.29, 1.82) is 0 Å². The number of halogens is 1. The second-order valence-corrected chi connectivity index (χ2v) is 3.46. The van der Waals surface area contributed by atoms with Gasteiger partial charge in [-0.25, -0.2) is 9.18 Å². The standard InChI is InChI=1S/C11H14FNO2/c1-3-10(11(14)15)13-9-5-7(2)4-8(12)6-9/h4-6,10,13H,3H2,1-2H3,(H,14,15). The van der Waals surface area contributed by atoms with Crippen molar-refractivity contribution in [2.45, 2.75) is 26.3 Å². The summed E-state index contributed by atoms with van der Waals surface area (Å²) in [6.45, 7) is 3.52. The van der Waals surface area contributed by atoms with E-state index in [4.69, 9.17) is 5.11 Å². The molecule has 0 spiro atoms. The van der Waals surface area contributed by atoms with Crippen LogP contribution in [0, 0.1) is 12.7 Å². The molecule has 1 unspecified atom stereocenters. The van der Waals surface area contributed by atoms with E-state index in [0.717, 1.165) is 5.56 Å². The van der Waals surface area contributed by atoms with E-state index in [-0.39, 0.29) is 5.82 Å². The molecule has 1 rings (SSSR count). The summed E-state index contributed by atoms with van der Waals surface area (Å²) in [5.41, 5.74) is 1.26. The van der Waals surface area contributed by atoms with Gasteiger partial charge in [-0.3, -0.25) is 0 Å². The molecule has 82 valence electrons. The Morgan fingerprint density at radius 2 is 2.20 bits per heavy atom. The summed E-state index contributed by atoms with van der Waals surface area (Å²) in [6.07, 6.45) is 0.449. The minimum Gasteiger partial charge on any atom is -0.480 e. The largest absolute Gasteiger partial charge is 0.480 e. The van der Waals surface area contributed by atoms with Crippen LogP contribution in [0.1, 0.15) is 18.9 Å². The maximum Gasteiger partial charge on any atom is 0.326 e. The van der Waals surface area contributed by atoms with Gasteiger partial charge in [0, 0.05) is 5.69 Å². The number of hydrogen-bond acceptors (Lipinski definition) is 2.